The van der Waals surface area contributed by atoms with Crippen LogP contribution in [0, 0.1) is 5.82 Å². The van der Waals surface area contributed by atoms with Crippen molar-refractivity contribution >= 4 is 0 Å². The molecule has 4 rings (SSSR count). The molecule has 0 bridgehead atoms. The molecule has 2 aliphatic rings. The zero-order valence-electron chi connectivity index (χ0n) is 14.8. The van der Waals surface area contributed by atoms with Gasteiger partial charge in [-0.1, -0.05) is 12.1 Å². The molecule has 2 heterocycles. The van der Waals surface area contributed by atoms with Gasteiger partial charge in [-0.25, -0.2) is 14.4 Å². The summed E-state index contributed by atoms with van der Waals surface area (Å²) in [5.41, 5.74) is 7.37. The average Bonchev–Trinajstić information content (AvgIpc) is 3.07. The van der Waals surface area contributed by atoms with E-state index < -0.39 is 0 Å². The van der Waals surface area contributed by atoms with Crippen LogP contribution in [0.5, 0.6) is 6.01 Å². The Morgan fingerprint density at radius 2 is 1.88 bits per heavy atom. The van der Waals surface area contributed by atoms with Gasteiger partial charge in [0.1, 0.15) is 11.9 Å². The lowest BCUT2D eigenvalue weighted by Gasteiger charge is -2.37. The Kier molecular flexibility index (Phi) is 5.13. The second kappa shape index (κ2) is 7.68. The summed E-state index contributed by atoms with van der Waals surface area (Å²) in [5.74, 6) is 0.142. The summed E-state index contributed by atoms with van der Waals surface area (Å²) in [6, 6.07) is 9.56. The minimum Gasteiger partial charge on any atom is -0.458 e. The lowest BCUT2D eigenvalue weighted by molar-refractivity contribution is 0.0627. The molecule has 138 valence electrons. The van der Waals surface area contributed by atoms with E-state index in [1.165, 1.54) is 12.1 Å². The molecule has 4 atom stereocenters. The Labute approximate surface area is 153 Å². The number of nitrogens with two attached hydrogens (primary N) is 1. The molecular formula is C20H25FN4O. The first-order valence-electron chi connectivity index (χ1n) is 9.38. The number of hydrogen-bond donors (Lipinski definition) is 1. The van der Waals surface area contributed by atoms with Gasteiger partial charge in [0, 0.05) is 31.0 Å². The van der Waals surface area contributed by atoms with Gasteiger partial charge in [-0.05, 0) is 61.9 Å². The highest BCUT2D eigenvalue weighted by atomic mass is 19.1. The highest BCUT2D eigenvalue weighted by Gasteiger charge is 2.41. The maximum Gasteiger partial charge on any atom is 0.316 e. The molecule has 5 nitrogen and oxygen atoms in total. The normalized spacial score (nSPS) is 29.6. The van der Waals surface area contributed by atoms with Gasteiger partial charge in [0.05, 0.1) is 0 Å². The topological polar surface area (TPSA) is 64.3 Å². The van der Waals surface area contributed by atoms with E-state index in [0.717, 1.165) is 44.3 Å². The number of benzene rings is 1. The van der Waals surface area contributed by atoms with Crippen molar-refractivity contribution in [3.8, 4) is 6.01 Å². The highest BCUT2D eigenvalue weighted by molar-refractivity contribution is 5.23. The largest absolute Gasteiger partial charge is 0.458 e. The van der Waals surface area contributed by atoms with Gasteiger partial charge < -0.3 is 10.5 Å². The van der Waals surface area contributed by atoms with Crippen molar-refractivity contribution in [2.24, 2.45) is 5.73 Å². The van der Waals surface area contributed by atoms with Gasteiger partial charge in [-0.15, -0.1) is 0 Å². The molecule has 1 aliphatic carbocycles. The lowest BCUT2D eigenvalue weighted by Crippen LogP contribution is -2.51. The van der Waals surface area contributed by atoms with Crippen LogP contribution in [0.1, 0.15) is 37.2 Å². The third-order valence-electron chi connectivity index (χ3n) is 5.57. The second-order valence-electron chi connectivity index (χ2n) is 7.37. The van der Waals surface area contributed by atoms with Crippen molar-refractivity contribution < 1.29 is 9.13 Å². The van der Waals surface area contributed by atoms with Gasteiger partial charge in [-0.3, -0.25) is 4.90 Å². The summed E-state index contributed by atoms with van der Waals surface area (Å²) >= 11 is 0. The fourth-order valence-electron chi connectivity index (χ4n) is 4.32. The van der Waals surface area contributed by atoms with Crippen molar-refractivity contribution in [2.45, 2.75) is 49.8 Å². The Hall–Kier alpha value is -2.05. The van der Waals surface area contributed by atoms with Crippen molar-refractivity contribution in [1.82, 2.24) is 14.9 Å². The molecule has 0 spiro atoms. The van der Waals surface area contributed by atoms with Gasteiger partial charge in [0.15, 0.2) is 0 Å². The van der Waals surface area contributed by atoms with E-state index in [2.05, 4.69) is 14.9 Å². The SMILES string of the molecule is NC1CCCN(C2CC(c3ccc(F)cc3)CC2Oc2ncccn2)C1. The first-order valence-corrected chi connectivity index (χ1v) is 9.38. The molecule has 0 radical (unpaired) electrons. The Bertz CT molecular complexity index is 712. The number of hydrogen-bond acceptors (Lipinski definition) is 5. The lowest BCUT2D eigenvalue weighted by atomic mass is 9.97. The van der Waals surface area contributed by atoms with Crippen LogP contribution in [0.25, 0.3) is 0 Å². The van der Waals surface area contributed by atoms with Crippen LogP contribution in [0.2, 0.25) is 0 Å². The third-order valence-corrected chi connectivity index (χ3v) is 5.57. The van der Waals surface area contributed by atoms with Crippen LogP contribution in [-0.2, 0) is 0 Å². The predicted octanol–water partition coefficient (Wildman–Crippen LogP) is 2.73. The number of ether oxygens (including phenoxy) is 1. The minimum atomic E-state index is -0.198. The molecule has 2 fully saturated rings. The standard InChI is InChI=1S/C20H25FN4O/c21-16-6-4-14(5-7-16)15-11-18(25-10-1-3-17(22)13-25)19(12-15)26-20-23-8-2-9-24-20/h2,4-9,15,17-19H,1,3,10-13,22H2. The molecular weight excluding hydrogens is 331 g/mol. The van der Waals surface area contributed by atoms with Crippen LogP contribution in [-0.4, -0.2) is 46.1 Å². The van der Waals surface area contributed by atoms with E-state index >= 15 is 0 Å². The molecule has 1 aromatic heterocycles. The molecule has 1 saturated heterocycles. The molecule has 1 aliphatic heterocycles. The zero-order chi connectivity index (χ0) is 17.9. The number of aromatic nitrogens is 2. The summed E-state index contributed by atoms with van der Waals surface area (Å²) in [5, 5.41) is 0. The molecule has 2 N–H and O–H groups in total. The van der Waals surface area contributed by atoms with Gasteiger partial charge in [-0.2, -0.15) is 0 Å². The van der Waals surface area contributed by atoms with E-state index in [4.69, 9.17) is 10.5 Å². The second-order valence-corrected chi connectivity index (χ2v) is 7.37. The van der Waals surface area contributed by atoms with Crippen LogP contribution in [0.15, 0.2) is 42.7 Å². The van der Waals surface area contributed by atoms with E-state index in [0.29, 0.717) is 11.9 Å². The minimum absolute atomic E-state index is 0.0118. The molecule has 4 unspecified atom stereocenters. The monoisotopic (exact) mass is 356 g/mol. The van der Waals surface area contributed by atoms with E-state index in [9.17, 15) is 4.39 Å². The smallest absolute Gasteiger partial charge is 0.316 e. The van der Waals surface area contributed by atoms with Gasteiger partial charge in [0.25, 0.3) is 0 Å². The maximum atomic E-state index is 13.3. The number of piperidine rings is 1. The van der Waals surface area contributed by atoms with Crippen LogP contribution in [0.3, 0.4) is 0 Å². The summed E-state index contributed by atoms with van der Waals surface area (Å²) in [6.07, 6.45) is 7.46. The molecule has 26 heavy (non-hydrogen) atoms. The fourth-order valence-corrected chi connectivity index (χ4v) is 4.32. The summed E-state index contributed by atoms with van der Waals surface area (Å²) < 4.78 is 19.5. The van der Waals surface area contributed by atoms with Gasteiger partial charge in [0.2, 0.25) is 0 Å². The summed E-state index contributed by atoms with van der Waals surface area (Å²) in [7, 11) is 0. The van der Waals surface area contributed by atoms with Crippen molar-refractivity contribution in [3.05, 3.63) is 54.1 Å². The fraction of sp³-hybridized carbons (Fsp3) is 0.500. The molecule has 6 heteroatoms. The highest BCUT2D eigenvalue weighted by Crippen LogP contribution is 2.39. The molecule has 1 saturated carbocycles. The van der Waals surface area contributed by atoms with E-state index in [1.54, 1.807) is 18.5 Å². The summed E-state index contributed by atoms with van der Waals surface area (Å²) in [6.45, 7) is 1.94. The Morgan fingerprint density at radius 3 is 2.62 bits per heavy atom. The quantitative estimate of drug-likeness (QED) is 0.913. The number of rotatable bonds is 4. The Morgan fingerprint density at radius 1 is 1.12 bits per heavy atom. The predicted molar refractivity (Wildman–Crippen MR) is 97.4 cm³/mol. The summed E-state index contributed by atoms with van der Waals surface area (Å²) in [4.78, 5) is 10.9. The van der Waals surface area contributed by atoms with Crippen molar-refractivity contribution in [1.29, 1.82) is 0 Å². The van der Waals surface area contributed by atoms with E-state index in [1.807, 2.05) is 12.1 Å². The average molecular weight is 356 g/mol. The van der Waals surface area contributed by atoms with Crippen LogP contribution in [0.4, 0.5) is 4.39 Å². The first kappa shape index (κ1) is 17.4. The number of halogens is 1. The molecule has 1 aromatic carbocycles. The first-order chi connectivity index (χ1) is 12.7. The molecule has 0 amide bonds. The third kappa shape index (κ3) is 3.86. The Balaban J connectivity index is 1.54. The van der Waals surface area contributed by atoms with E-state index in [-0.39, 0.29) is 24.0 Å². The van der Waals surface area contributed by atoms with Gasteiger partial charge >= 0.3 is 6.01 Å². The van der Waals surface area contributed by atoms with Crippen LogP contribution < -0.4 is 10.5 Å². The van der Waals surface area contributed by atoms with Crippen molar-refractivity contribution in [2.75, 3.05) is 13.1 Å². The zero-order valence-corrected chi connectivity index (χ0v) is 14.8. The number of likely N-dealkylation sites (tertiary alicyclic amines) is 1. The van der Waals surface area contributed by atoms with Crippen molar-refractivity contribution in [3.63, 3.8) is 0 Å². The maximum absolute atomic E-state index is 13.3. The van der Waals surface area contributed by atoms with Crippen LogP contribution >= 0.6 is 0 Å². The number of nitrogens with zero attached hydrogens (tertiary/aromatic N) is 3. The molecule has 2 aromatic rings.